The first kappa shape index (κ1) is 28.5. The molecule has 0 bridgehead atoms. The summed E-state index contributed by atoms with van der Waals surface area (Å²) in [7, 11) is 15.2. The third-order valence-corrected chi connectivity index (χ3v) is 5.88. The van der Waals surface area contributed by atoms with Gasteiger partial charge in [-0.2, -0.15) is 5.10 Å². The van der Waals surface area contributed by atoms with Gasteiger partial charge in [0, 0.05) is 50.7 Å². The number of hydrogen-bond donors (Lipinski definition) is 0. The molecule has 1 amide bonds. The Kier molecular flexibility index (Phi) is 10.9. The minimum Gasteiger partial charge on any atom is -0.342 e. The number of carbonyl (C=O) groups is 1. The standard InChI is InChI=1S/C28H47N6O/c1-30(27-13-9-8-10-14-27)29-25-26-15-20-31(21-16-26)22-17-28(35)32(18-11-23-33(2,3)4)19-12-24-34(5,6)7/h8-10,13-16,20-21,25H,11-12,17-19,22-24H2,1-7H3/q+3. The summed E-state index contributed by atoms with van der Waals surface area (Å²) in [6, 6.07) is 14.1. The molecule has 0 unspecified atom stereocenters. The van der Waals surface area contributed by atoms with Gasteiger partial charge in [-0.3, -0.25) is 9.80 Å². The van der Waals surface area contributed by atoms with E-state index in [9.17, 15) is 4.79 Å². The van der Waals surface area contributed by atoms with Crippen molar-refractivity contribution in [3.05, 3.63) is 60.4 Å². The number of rotatable bonds is 14. The van der Waals surface area contributed by atoms with E-state index in [2.05, 4.69) is 56.9 Å². The summed E-state index contributed by atoms with van der Waals surface area (Å²) < 4.78 is 3.92. The largest absolute Gasteiger partial charge is 0.342 e. The van der Waals surface area contributed by atoms with Crippen LogP contribution >= 0.6 is 0 Å². The Bertz CT molecular complexity index is 893. The predicted molar refractivity (Wildman–Crippen MR) is 145 cm³/mol. The Morgan fingerprint density at radius 3 is 1.94 bits per heavy atom. The van der Waals surface area contributed by atoms with E-state index in [4.69, 9.17) is 0 Å². The first-order valence-electron chi connectivity index (χ1n) is 12.6. The van der Waals surface area contributed by atoms with Gasteiger partial charge in [0.05, 0.1) is 73.7 Å². The molecule has 0 aliphatic rings. The van der Waals surface area contributed by atoms with Crippen LogP contribution < -0.4 is 9.58 Å². The van der Waals surface area contributed by atoms with E-state index >= 15 is 0 Å². The number of para-hydroxylation sites is 1. The number of amides is 1. The first-order valence-corrected chi connectivity index (χ1v) is 12.6. The second-order valence-corrected chi connectivity index (χ2v) is 11.3. The molecule has 0 aliphatic heterocycles. The first-order chi connectivity index (χ1) is 16.4. The SMILES string of the molecule is CN(N=Cc1cc[n+](CCC(=O)N(CCC[N+](C)(C)C)CCC[N+](C)(C)C)cc1)c1ccccc1. The molecule has 1 aromatic carbocycles. The lowest BCUT2D eigenvalue weighted by Gasteiger charge is -2.29. The third kappa shape index (κ3) is 12.0. The highest BCUT2D eigenvalue weighted by Crippen LogP contribution is 2.11. The molecule has 0 saturated carbocycles. The predicted octanol–water partition coefficient (Wildman–Crippen LogP) is 2.86. The Balaban J connectivity index is 1.89. The lowest BCUT2D eigenvalue weighted by atomic mass is 10.2. The third-order valence-electron chi connectivity index (χ3n) is 5.88. The number of hydrogen-bond acceptors (Lipinski definition) is 3. The topological polar surface area (TPSA) is 39.8 Å². The summed E-state index contributed by atoms with van der Waals surface area (Å²) >= 11 is 0. The lowest BCUT2D eigenvalue weighted by Crippen LogP contribution is -2.42. The Morgan fingerprint density at radius 2 is 1.43 bits per heavy atom. The Labute approximate surface area is 213 Å². The zero-order valence-corrected chi connectivity index (χ0v) is 23.0. The fourth-order valence-electron chi connectivity index (χ4n) is 3.78. The van der Waals surface area contributed by atoms with Crippen molar-refractivity contribution < 1.29 is 18.3 Å². The van der Waals surface area contributed by atoms with E-state index in [-0.39, 0.29) is 5.91 Å². The van der Waals surface area contributed by atoms with Crippen molar-refractivity contribution in [2.75, 3.05) is 80.5 Å². The highest BCUT2D eigenvalue weighted by molar-refractivity contribution is 5.79. The molecule has 7 heteroatoms. The van der Waals surface area contributed by atoms with Crippen molar-refractivity contribution in [1.82, 2.24) is 4.90 Å². The molecule has 7 nitrogen and oxygen atoms in total. The average molecular weight is 484 g/mol. The summed E-state index contributed by atoms with van der Waals surface area (Å²) in [4.78, 5) is 15.2. The van der Waals surface area contributed by atoms with E-state index in [1.54, 1.807) is 0 Å². The number of benzene rings is 1. The molecule has 0 N–H and O–H groups in total. The fraction of sp³-hybridized carbons (Fsp3) is 0.536. The summed E-state index contributed by atoms with van der Waals surface area (Å²) in [6.07, 6.45) is 8.47. The molecule has 2 aromatic rings. The van der Waals surface area contributed by atoms with Gasteiger partial charge >= 0.3 is 0 Å². The van der Waals surface area contributed by atoms with Gasteiger partial charge in [0.15, 0.2) is 18.9 Å². The minimum absolute atomic E-state index is 0.246. The van der Waals surface area contributed by atoms with E-state index in [0.29, 0.717) is 13.0 Å². The van der Waals surface area contributed by atoms with E-state index in [0.717, 1.165) is 59.2 Å². The Morgan fingerprint density at radius 1 is 0.886 bits per heavy atom. The molecule has 0 atom stereocenters. The number of quaternary nitrogens is 2. The molecule has 0 aliphatic carbocycles. The number of aryl methyl sites for hydroxylation is 1. The number of hydrazone groups is 1. The molecular formula is C28H47N6O+3. The maximum atomic E-state index is 13.1. The van der Waals surface area contributed by atoms with Crippen LogP contribution in [0.25, 0.3) is 0 Å². The van der Waals surface area contributed by atoms with Crippen molar-refractivity contribution in [3.63, 3.8) is 0 Å². The van der Waals surface area contributed by atoms with Crippen LogP contribution in [0.1, 0.15) is 24.8 Å². The smallest absolute Gasteiger partial charge is 0.228 e. The van der Waals surface area contributed by atoms with Crippen molar-refractivity contribution in [2.45, 2.75) is 25.8 Å². The van der Waals surface area contributed by atoms with Gasteiger partial charge < -0.3 is 13.9 Å². The van der Waals surface area contributed by atoms with Crippen LogP contribution in [-0.4, -0.2) is 102 Å². The summed E-state index contributed by atoms with van der Waals surface area (Å²) in [5, 5.41) is 6.37. The summed E-state index contributed by atoms with van der Waals surface area (Å²) in [6.45, 7) is 4.48. The van der Waals surface area contributed by atoms with Crippen LogP contribution in [0.5, 0.6) is 0 Å². The van der Waals surface area contributed by atoms with Crippen LogP contribution in [0, 0.1) is 0 Å². The highest BCUT2D eigenvalue weighted by atomic mass is 16.2. The van der Waals surface area contributed by atoms with Gasteiger partial charge in [-0.15, -0.1) is 0 Å². The zero-order chi connectivity index (χ0) is 25.9. The molecule has 1 heterocycles. The number of carbonyl (C=O) groups excluding carboxylic acids is 1. The van der Waals surface area contributed by atoms with Gasteiger partial charge in [0.1, 0.15) is 0 Å². The molecule has 0 fully saturated rings. The second-order valence-electron chi connectivity index (χ2n) is 11.3. The minimum atomic E-state index is 0.246. The van der Waals surface area contributed by atoms with Gasteiger partial charge in [-0.25, -0.2) is 4.57 Å². The van der Waals surface area contributed by atoms with Crippen LogP contribution in [0.4, 0.5) is 5.69 Å². The molecule has 1 aromatic heterocycles. The second kappa shape index (κ2) is 13.4. The van der Waals surface area contributed by atoms with Crippen LogP contribution in [-0.2, 0) is 11.3 Å². The molecule has 0 saturated heterocycles. The molecule has 35 heavy (non-hydrogen) atoms. The molecular weight excluding hydrogens is 436 g/mol. The monoisotopic (exact) mass is 483 g/mol. The van der Waals surface area contributed by atoms with Crippen molar-refractivity contribution in [1.29, 1.82) is 0 Å². The van der Waals surface area contributed by atoms with Crippen molar-refractivity contribution >= 4 is 17.8 Å². The van der Waals surface area contributed by atoms with Crippen LogP contribution in [0.2, 0.25) is 0 Å². The van der Waals surface area contributed by atoms with Gasteiger partial charge in [-0.05, 0) is 12.1 Å². The molecule has 0 spiro atoms. The molecule has 2 rings (SSSR count). The molecule has 0 radical (unpaired) electrons. The molecule has 192 valence electrons. The van der Waals surface area contributed by atoms with Crippen LogP contribution in [0.3, 0.4) is 0 Å². The number of nitrogens with zero attached hydrogens (tertiary/aromatic N) is 6. The maximum Gasteiger partial charge on any atom is 0.228 e. The highest BCUT2D eigenvalue weighted by Gasteiger charge is 2.18. The van der Waals surface area contributed by atoms with E-state index < -0.39 is 0 Å². The number of pyridine rings is 1. The van der Waals surface area contributed by atoms with Crippen molar-refractivity contribution in [2.24, 2.45) is 5.10 Å². The van der Waals surface area contributed by atoms with Gasteiger partial charge in [0.2, 0.25) is 5.91 Å². The average Bonchev–Trinajstić information content (AvgIpc) is 2.79. The van der Waals surface area contributed by atoms with Crippen LogP contribution in [0.15, 0.2) is 60.0 Å². The summed E-state index contributed by atoms with van der Waals surface area (Å²) in [5.41, 5.74) is 2.07. The maximum absolute atomic E-state index is 13.1. The Hall–Kier alpha value is -2.77. The normalized spacial score (nSPS) is 12.2. The van der Waals surface area contributed by atoms with E-state index in [1.807, 2.05) is 73.1 Å². The number of anilines is 1. The van der Waals surface area contributed by atoms with Gasteiger partial charge in [0.25, 0.3) is 0 Å². The number of aromatic nitrogens is 1. The fourth-order valence-corrected chi connectivity index (χ4v) is 3.78. The zero-order valence-electron chi connectivity index (χ0n) is 23.0. The summed E-state index contributed by atoms with van der Waals surface area (Å²) in [5.74, 6) is 0.246. The van der Waals surface area contributed by atoms with Gasteiger partial charge in [-0.1, -0.05) is 18.2 Å². The lowest BCUT2D eigenvalue weighted by molar-refractivity contribution is -0.870. The quantitative estimate of drug-likeness (QED) is 0.179. The van der Waals surface area contributed by atoms with Crippen molar-refractivity contribution in [3.8, 4) is 0 Å². The van der Waals surface area contributed by atoms with E-state index in [1.165, 1.54) is 0 Å².